The van der Waals surface area contributed by atoms with E-state index < -0.39 is 0 Å². The van der Waals surface area contributed by atoms with E-state index in [2.05, 4.69) is 39.8 Å². The molecule has 0 saturated carbocycles. The zero-order valence-electron chi connectivity index (χ0n) is 11.6. The number of aldehydes is 1. The van der Waals surface area contributed by atoms with Crippen molar-refractivity contribution < 1.29 is 4.79 Å². The fourth-order valence-corrected chi connectivity index (χ4v) is 3.08. The predicted molar refractivity (Wildman–Crippen MR) is 83.0 cm³/mol. The van der Waals surface area contributed by atoms with Gasteiger partial charge in [0.1, 0.15) is 0 Å². The first-order chi connectivity index (χ1) is 9.10. The van der Waals surface area contributed by atoms with Crippen LogP contribution in [0.25, 0.3) is 0 Å². The van der Waals surface area contributed by atoms with Crippen molar-refractivity contribution in [3.8, 4) is 0 Å². The number of anilines is 1. The van der Waals surface area contributed by atoms with Crippen molar-refractivity contribution >= 4 is 27.9 Å². The molecule has 0 radical (unpaired) electrons. The Hall–Kier alpha value is -0.870. The molecule has 1 aromatic rings. The molecule has 0 N–H and O–H groups in total. The summed E-state index contributed by atoms with van der Waals surface area (Å²) < 4.78 is 0.950. The molecular formula is C15H21BrN2O. The van der Waals surface area contributed by atoms with Gasteiger partial charge < -0.3 is 9.80 Å². The van der Waals surface area contributed by atoms with E-state index in [1.807, 2.05) is 18.2 Å². The third kappa shape index (κ3) is 3.80. The molecule has 2 rings (SSSR count). The van der Waals surface area contributed by atoms with Gasteiger partial charge >= 0.3 is 0 Å². The molecule has 0 unspecified atom stereocenters. The van der Waals surface area contributed by atoms with Crippen LogP contribution in [-0.2, 0) is 0 Å². The van der Waals surface area contributed by atoms with Crippen molar-refractivity contribution in [1.82, 2.24) is 4.90 Å². The highest BCUT2D eigenvalue weighted by Gasteiger charge is 2.19. The monoisotopic (exact) mass is 324 g/mol. The highest BCUT2D eigenvalue weighted by atomic mass is 79.9. The van der Waals surface area contributed by atoms with E-state index >= 15 is 0 Å². The first-order valence-electron chi connectivity index (χ1n) is 6.74. The molecule has 1 aromatic carbocycles. The van der Waals surface area contributed by atoms with Gasteiger partial charge in [-0.25, -0.2) is 0 Å². The van der Waals surface area contributed by atoms with Gasteiger partial charge in [-0.15, -0.1) is 0 Å². The number of benzene rings is 1. The molecule has 0 aromatic heterocycles. The minimum Gasteiger partial charge on any atom is -0.374 e. The predicted octanol–water partition coefficient (Wildman–Crippen LogP) is 3.04. The van der Waals surface area contributed by atoms with Crippen molar-refractivity contribution in [1.29, 1.82) is 0 Å². The number of hydrogen-bond acceptors (Lipinski definition) is 3. The molecule has 3 nitrogen and oxygen atoms in total. The molecule has 19 heavy (non-hydrogen) atoms. The summed E-state index contributed by atoms with van der Waals surface area (Å²) in [5, 5.41) is 0. The van der Waals surface area contributed by atoms with Crippen molar-refractivity contribution in [3.63, 3.8) is 0 Å². The highest BCUT2D eigenvalue weighted by Crippen LogP contribution is 2.25. The van der Waals surface area contributed by atoms with Crippen LogP contribution in [0.2, 0.25) is 0 Å². The second kappa shape index (κ2) is 6.53. The second-order valence-electron chi connectivity index (χ2n) is 5.45. The molecule has 0 spiro atoms. The van der Waals surface area contributed by atoms with Gasteiger partial charge in [-0.2, -0.15) is 0 Å². The minimum atomic E-state index is 0.726. The van der Waals surface area contributed by atoms with Gasteiger partial charge in [0.15, 0.2) is 6.29 Å². The number of carbonyl (C=O) groups excluding carboxylic acids is 1. The molecule has 0 atom stereocenters. The van der Waals surface area contributed by atoms with E-state index in [4.69, 9.17) is 0 Å². The number of halogens is 1. The van der Waals surface area contributed by atoms with E-state index in [-0.39, 0.29) is 0 Å². The lowest BCUT2D eigenvalue weighted by atomic mass is 9.96. The van der Waals surface area contributed by atoms with E-state index in [9.17, 15) is 4.79 Å². The Bertz CT molecular complexity index is 442. The molecule has 0 bridgehead atoms. The lowest BCUT2D eigenvalue weighted by molar-refractivity contribution is 0.112. The molecule has 4 heteroatoms. The van der Waals surface area contributed by atoms with Crippen LogP contribution in [0, 0.1) is 5.92 Å². The third-order valence-corrected chi connectivity index (χ3v) is 4.39. The first kappa shape index (κ1) is 14.5. The van der Waals surface area contributed by atoms with E-state index in [1.54, 1.807) is 0 Å². The Labute approximate surface area is 123 Å². The molecule has 104 valence electrons. The fourth-order valence-electron chi connectivity index (χ4n) is 2.70. The summed E-state index contributed by atoms with van der Waals surface area (Å²) in [5.74, 6) is 0.726. The summed E-state index contributed by atoms with van der Waals surface area (Å²) in [6, 6.07) is 5.89. The number of rotatable bonds is 4. The van der Waals surface area contributed by atoms with Gasteiger partial charge in [-0.3, -0.25) is 4.79 Å². The van der Waals surface area contributed by atoms with Crippen LogP contribution in [-0.4, -0.2) is 44.9 Å². The fraction of sp³-hybridized carbons (Fsp3) is 0.533. The number of likely N-dealkylation sites (tertiary alicyclic amines) is 1. The molecule has 1 aliphatic rings. The molecule has 0 amide bonds. The Balaban J connectivity index is 2.03. The van der Waals surface area contributed by atoms with Gasteiger partial charge in [-0.05, 0) is 57.1 Å². The number of carbonyl (C=O) groups is 1. The molecule has 1 fully saturated rings. The molecule has 1 aliphatic heterocycles. The van der Waals surface area contributed by atoms with Crippen LogP contribution in [0.4, 0.5) is 5.69 Å². The second-order valence-corrected chi connectivity index (χ2v) is 6.36. The van der Waals surface area contributed by atoms with E-state index in [0.717, 1.165) is 34.5 Å². The van der Waals surface area contributed by atoms with E-state index in [1.165, 1.54) is 25.9 Å². The lowest BCUT2D eigenvalue weighted by Crippen LogP contribution is -2.36. The summed E-state index contributed by atoms with van der Waals surface area (Å²) in [6.45, 7) is 3.38. The van der Waals surface area contributed by atoms with Crippen LogP contribution in [0.5, 0.6) is 0 Å². The topological polar surface area (TPSA) is 23.6 Å². The summed E-state index contributed by atoms with van der Waals surface area (Å²) in [6.07, 6.45) is 3.42. The lowest BCUT2D eigenvalue weighted by Gasteiger charge is -2.32. The Kier molecular flexibility index (Phi) is 4.99. The maximum Gasteiger partial charge on any atom is 0.152 e. The average molecular weight is 325 g/mol. The van der Waals surface area contributed by atoms with Crippen molar-refractivity contribution in [2.75, 3.05) is 38.6 Å². The first-order valence-corrected chi connectivity index (χ1v) is 7.54. The summed E-state index contributed by atoms with van der Waals surface area (Å²) in [4.78, 5) is 15.8. The van der Waals surface area contributed by atoms with Crippen LogP contribution in [0.15, 0.2) is 22.7 Å². The summed E-state index contributed by atoms with van der Waals surface area (Å²) in [5.41, 5.74) is 1.78. The van der Waals surface area contributed by atoms with Crippen LogP contribution in [0.1, 0.15) is 23.2 Å². The van der Waals surface area contributed by atoms with Gasteiger partial charge in [0.25, 0.3) is 0 Å². The van der Waals surface area contributed by atoms with Crippen LogP contribution in [0.3, 0.4) is 0 Å². The zero-order valence-corrected chi connectivity index (χ0v) is 13.2. The van der Waals surface area contributed by atoms with Crippen LogP contribution < -0.4 is 4.90 Å². The Morgan fingerprint density at radius 3 is 2.74 bits per heavy atom. The zero-order chi connectivity index (χ0) is 13.8. The van der Waals surface area contributed by atoms with Gasteiger partial charge in [0.05, 0.1) is 0 Å². The SMILES string of the molecule is CN1CCC(CN(C)c2ccc(Br)cc2C=O)CC1. The van der Waals surface area contributed by atoms with Crippen molar-refractivity contribution in [2.24, 2.45) is 5.92 Å². The largest absolute Gasteiger partial charge is 0.374 e. The smallest absolute Gasteiger partial charge is 0.152 e. The minimum absolute atomic E-state index is 0.726. The van der Waals surface area contributed by atoms with Gasteiger partial charge in [0.2, 0.25) is 0 Å². The Morgan fingerprint density at radius 2 is 2.11 bits per heavy atom. The highest BCUT2D eigenvalue weighted by molar-refractivity contribution is 9.10. The van der Waals surface area contributed by atoms with Crippen LogP contribution >= 0.6 is 15.9 Å². The van der Waals surface area contributed by atoms with Crippen molar-refractivity contribution in [2.45, 2.75) is 12.8 Å². The normalized spacial score (nSPS) is 17.4. The molecule has 1 saturated heterocycles. The number of hydrogen-bond donors (Lipinski definition) is 0. The maximum atomic E-state index is 11.2. The summed E-state index contributed by atoms with van der Waals surface area (Å²) >= 11 is 3.41. The quantitative estimate of drug-likeness (QED) is 0.795. The molecular weight excluding hydrogens is 304 g/mol. The molecule has 0 aliphatic carbocycles. The summed E-state index contributed by atoms with van der Waals surface area (Å²) in [7, 11) is 4.26. The Morgan fingerprint density at radius 1 is 1.42 bits per heavy atom. The van der Waals surface area contributed by atoms with Gasteiger partial charge in [-0.1, -0.05) is 15.9 Å². The third-order valence-electron chi connectivity index (χ3n) is 3.90. The van der Waals surface area contributed by atoms with E-state index in [0.29, 0.717) is 0 Å². The number of piperidine rings is 1. The number of nitrogens with zero attached hydrogens (tertiary/aromatic N) is 2. The standard InChI is InChI=1S/C15H21BrN2O/c1-17-7-5-12(6-8-17)10-18(2)15-4-3-14(16)9-13(15)11-19/h3-4,9,11-12H,5-8,10H2,1-2H3. The maximum absolute atomic E-state index is 11.2. The molecule has 1 heterocycles. The van der Waals surface area contributed by atoms with Gasteiger partial charge in [0, 0.05) is 29.3 Å². The van der Waals surface area contributed by atoms with Crippen molar-refractivity contribution in [3.05, 3.63) is 28.2 Å². The average Bonchev–Trinajstić information content (AvgIpc) is 2.41.